The summed E-state index contributed by atoms with van der Waals surface area (Å²) in [6, 6.07) is 9.02. The third kappa shape index (κ3) is 4.55. The molecule has 26 heavy (non-hydrogen) atoms. The molecule has 1 saturated carbocycles. The fourth-order valence-corrected chi connectivity index (χ4v) is 4.29. The van der Waals surface area contributed by atoms with Crippen molar-refractivity contribution in [3.63, 3.8) is 0 Å². The zero-order valence-corrected chi connectivity index (χ0v) is 15.8. The Kier molecular flexibility index (Phi) is 6.51. The van der Waals surface area contributed by atoms with Crippen molar-refractivity contribution >= 4 is 6.03 Å². The lowest BCUT2D eigenvalue weighted by molar-refractivity contribution is 0.0442. The number of nitrogens with one attached hydrogen (secondary N) is 2. The first-order chi connectivity index (χ1) is 12.6. The van der Waals surface area contributed by atoms with Gasteiger partial charge in [-0.05, 0) is 25.5 Å². The van der Waals surface area contributed by atoms with Crippen molar-refractivity contribution in [2.45, 2.75) is 37.3 Å². The lowest BCUT2D eigenvalue weighted by Gasteiger charge is -2.45. The lowest BCUT2D eigenvalue weighted by atomic mass is 9.94. The molecule has 6 heteroatoms. The lowest BCUT2D eigenvalue weighted by Crippen LogP contribution is -2.60. The van der Waals surface area contributed by atoms with Gasteiger partial charge in [0.2, 0.25) is 0 Å². The quantitative estimate of drug-likeness (QED) is 0.721. The normalized spacial score (nSPS) is 22.1. The molecule has 2 fully saturated rings. The zero-order valence-electron chi connectivity index (χ0n) is 15.8. The first-order valence-corrected chi connectivity index (χ1v) is 9.77. The number of urea groups is 1. The number of amides is 2. The van der Waals surface area contributed by atoms with Crippen LogP contribution in [0.2, 0.25) is 0 Å². The third-order valence-corrected chi connectivity index (χ3v) is 5.98. The summed E-state index contributed by atoms with van der Waals surface area (Å²) in [4.78, 5) is 17.4. The van der Waals surface area contributed by atoms with Gasteiger partial charge in [-0.15, -0.1) is 0 Å². The molecule has 0 aromatic heterocycles. The predicted molar refractivity (Wildman–Crippen MR) is 103 cm³/mol. The van der Waals surface area contributed by atoms with E-state index >= 15 is 0 Å². The minimum absolute atomic E-state index is 0.0973. The number of rotatable bonds is 6. The molecule has 144 valence electrons. The number of aliphatic hydroxyl groups excluding tert-OH is 1. The largest absolute Gasteiger partial charge is 0.394 e. The Labute approximate surface area is 156 Å². The number of aliphatic hydroxyl groups is 1. The van der Waals surface area contributed by atoms with E-state index in [9.17, 15) is 9.90 Å². The summed E-state index contributed by atoms with van der Waals surface area (Å²) in [5.74, 6) is 0. The molecule has 3 rings (SSSR count). The van der Waals surface area contributed by atoms with E-state index in [0.717, 1.165) is 44.6 Å². The Bertz CT molecular complexity index is 566. The third-order valence-electron chi connectivity index (χ3n) is 5.98. The van der Waals surface area contributed by atoms with Gasteiger partial charge >= 0.3 is 6.03 Å². The predicted octanol–water partition coefficient (Wildman–Crippen LogP) is 1.58. The fraction of sp³-hybridized carbons (Fsp3) is 0.650. The average molecular weight is 361 g/mol. The van der Waals surface area contributed by atoms with Crippen LogP contribution in [-0.4, -0.2) is 72.9 Å². The van der Waals surface area contributed by atoms with Crippen molar-refractivity contribution < 1.29 is 9.90 Å². The molecular weight excluding hydrogens is 328 g/mol. The highest BCUT2D eigenvalue weighted by Crippen LogP contribution is 2.35. The van der Waals surface area contributed by atoms with Gasteiger partial charge in [0.15, 0.2) is 0 Å². The second kappa shape index (κ2) is 8.84. The van der Waals surface area contributed by atoms with Gasteiger partial charge in [-0.25, -0.2) is 4.79 Å². The minimum atomic E-state index is -0.376. The number of carbonyl (C=O) groups is 1. The summed E-state index contributed by atoms with van der Waals surface area (Å²) >= 11 is 0. The van der Waals surface area contributed by atoms with Gasteiger partial charge in [0.1, 0.15) is 0 Å². The summed E-state index contributed by atoms with van der Waals surface area (Å²) in [6.45, 7) is 4.89. The molecular formula is C20H32N4O2. The standard InChI is InChI=1S/C20H32N4O2/c1-23-11-13-24(14-12-23)20(9-5-6-10-20)16-21-19(26)22-18(15-25)17-7-3-2-4-8-17/h2-4,7-8,18,25H,5-6,9-16H2,1H3,(H2,21,22,26)/t18-/m0/s1. The Morgan fingerprint density at radius 2 is 1.81 bits per heavy atom. The van der Waals surface area contributed by atoms with Crippen molar-refractivity contribution in [3.8, 4) is 0 Å². The maximum atomic E-state index is 12.5. The number of likely N-dealkylation sites (N-methyl/N-ethyl adjacent to an activating group) is 1. The first kappa shape index (κ1) is 19.1. The summed E-state index contributed by atoms with van der Waals surface area (Å²) in [7, 11) is 2.17. The van der Waals surface area contributed by atoms with Gasteiger partial charge in [-0.1, -0.05) is 43.2 Å². The van der Waals surface area contributed by atoms with Crippen LogP contribution in [0, 0.1) is 0 Å². The van der Waals surface area contributed by atoms with Crippen LogP contribution in [0.4, 0.5) is 4.79 Å². The molecule has 6 nitrogen and oxygen atoms in total. The maximum absolute atomic E-state index is 12.5. The molecule has 2 amide bonds. The van der Waals surface area contributed by atoms with Gasteiger partial charge in [-0.3, -0.25) is 4.90 Å². The van der Waals surface area contributed by atoms with Crippen LogP contribution in [0.1, 0.15) is 37.3 Å². The van der Waals surface area contributed by atoms with Crippen molar-refractivity contribution in [1.29, 1.82) is 0 Å². The monoisotopic (exact) mass is 360 g/mol. The van der Waals surface area contributed by atoms with E-state index in [1.807, 2.05) is 30.3 Å². The van der Waals surface area contributed by atoms with Crippen LogP contribution in [0.25, 0.3) is 0 Å². The second-order valence-electron chi connectivity index (χ2n) is 7.69. The SMILES string of the molecule is CN1CCN(C2(CNC(=O)N[C@@H](CO)c3ccccc3)CCCC2)CC1. The van der Waals surface area contributed by atoms with Crippen LogP contribution in [0.3, 0.4) is 0 Å². The van der Waals surface area contributed by atoms with Crippen LogP contribution in [-0.2, 0) is 0 Å². The Morgan fingerprint density at radius 3 is 2.42 bits per heavy atom. The van der Waals surface area contributed by atoms with Gasteiger partial charge < -0.3 is 20.6 Å². The number of carbonyl (C=O) groups excluding carboxylic acids is 1. The highest BCUT2D eigenvalue weighted by Gasteiger charge is 2.40. The topological polar surface area (TPSA) is 67.8 Å². The molecule has 1 aromatic rings. The van der Waals surface area contributed by atoms with Crippen molar-refractivity contribution in [3.05, 3.63) is 35.9 Å². The van der Waals surface area contributed by atoms with E-state index in [4.69, 9.17) is 0 Å². The summed E-state index contributed by atoms with van der Waals surface area (Å²) in [6.07, 6.45) is 4.77. The van der Waals surface area contributed by atoms with E-state index in [0.29, 0.717) is 6.54 Å². The van der Waals surface area contributed by atoms with Crippen LogP contribution < -0.4 is 10.6 Å². The molecule has 1 aliphatic heterocycles. The molecule has 3 N–H and O–H groups in total. The van der Waals surface area contributed by atoms with Crippen molar-refractivity contribution in [2.24, 2.45) is 0 Å². The first-order valence-electron chi connectivity index (χ1n) is 9.77. The molecule has 0 unspecified atom stereocenters. The van der Waals surface area contributed by atoms with E-state index < -0.39 is 0 Å². The van der Waals surface area contributed by atoms with Gasteiger partial charge in [0.05, 0.1) is 12.6 Å². The van der Waals surface area contributed by atoms with Gasteiger partial charge in [0, 0.05) is 38.3 Å². The molecule has 0 spiro atoms. The van der Waals surface area contributed by atoms with Crippen LogP contribution >= 0.6 is 0 Å². The fourth-order valence-electron chi connectivity index (χ4n) is 4.29. The van der Waals surface area contributed by atoms with Gasteiger partial charge in [0.25, 0.3) is 0 Å². The summed E-state index contributed by atoms with van der Waals surface area (Å²) in [5, 5.41) is 15.6. The van der Waals surface area contributed by atoms with Crippen LogP contribution in [0.5, 0.6) is 0 Å². The zero-order chi connectivity index (χ0) is 18.4. The molecule has 1 atom stereocenters. The van der Waals surface area contributed by atoms with E-state index in [1.165, 1.54) is 12.8 Å². The molecule has 1 heterocycles. The molecule has 0 bridgehead atoms. The Hall–Kier alpha value is -1.63. The van der Waals surface area contributed by atoms with E-state index in [1.54, 1.807) is 0 Å². The molecule has 2 aliphatic rings. The van der Waals surface area contributed by atoms with E-state index in [2.05, 4.69) is 27.5 Å². The summed E-state index contributed by atoms with van der Waals surface area (Å²) < 4.78 is 0. The molecule has 1 saturated heterocycles. The highest BCUT2D eigenvalue weighted by molar-refractivity contribution is 5.74. The molecule has 1 aromatic carbocycles. The Morgan fingerprint density at radius 1 is 1.15 bits per heavy atom. The second-order valence-corrected chi connectivity index (χ2v) is 7.69. The number of piperazine rings is 1. The number of hydrogen-bond acceptors (Lipinski definition) is 4. The van der Waals surface area contributed by atoms with E-state index in [-0.39, 0.29) is 24.2 Å². The van der Waals surface area contributed by atoms with Crippen LogP contribution in [0.15, 0.2) is 30.3 Å². The van der Waals surface area contributed by atoms with Gasteiger partial charge in [-0.2, -0.15) is 0 Å². The highest BCUT2D eigenvalue weighted by atomic mass is 16.3. The number of nitrogens with zero attached hydrogens (tertiary/aromatic N) is 2. The molecule has 0 radical (unpaired) electrons. The smallest absolute Gasteiger partial charge is 0.315 e. The minimum Gasteiger partial charge on any atom is -0.394 e. The molecule has 1 aliphatic carbocycles. The summed E-state index contributed by atoms with van der Waals surface area (Å²) in [5.41, 5.74) is 1.01. The van der Waals surface area contributed by atoms with Crippen molar-refractivity contribution in [1.82, 2.24) is 20.4 Å². The van der Waals surface area contributed by atoms with Crippen molar-refractivity contribution in [2.75, 3.05) is 46.4 Å². The Balaban J connectivity index is 1.56. The average Bonchev–Trinajstić information content (AvgIpc) is 3.16. The number of hydrogen-bond donors (Lipinski definition) is 3. The maximum Gasteiger partial charge on any atom is 0.315 e. The number of benzene rings is 1.